The summed E-state index contributed by atoms with van der Waals surface area (Å²) >= 11 is 0. The van der Waals surface area contributed by atoms with Crippen molar-refractivity contribution in [2.75, 3.05) is 20.8 Å². The quantitative estimate of drug-likeness (QED) is 0.931. The fourth-order valence-corrected chi connectivity index (χ4v) is 3.17. The molecule has 1 heterocycles. The highest BCUT2D eigenvalue weighted by molar-refractivity contribution is 5.44. The molecular weight excluding hydrogens is 262 g/mol. The number of ether oxygens (including phenoxy) is 2. The lowest BCUT2D eigenvalue weighted by atomic mass is 9.87. The lowest BCUT2D eigenvalue weighted by molar-refractivity contribution is 0.390. The first-order chi connectivity index (χ1) is 10.3. The molecule has 3 heteroatoms. The summed E-state index contributed by atoms with van der Waals surface area (Å²) in [5.41, 5.74) is 2.54. The molecule has 1 aliphatic heterocycles. The predicted molar refractivity (Wildman–Crippen MR) is 84.1 cm³/mol. The van der Waals surface area contributed by atoms with E-state index < -0.39 is 0 Å². The molecule has 2 aromatic rings. The van der Waals surface area contributed by atoms with Gasteiger partial charge in [0.25, 0.3) is 0 Å². The first-order valence-corrected chi connectivity index (χ1v) is 7.33. The Morgan fingerprint density at radius 3 is 2.52 bits per heavy atom. The second kappa shape index (κ2) is 6.19. The van der Waals surface area contributed by atoms with E-state index in [1.165, 1.54) is 11.1 Å². The van der Waals surface area contributed by atoms with Crippen LogP contribution in [0.1, 0.15) is 29.5 Å². The van der Waals surface area contributed by atoms with E-state index in [1.54, 1.807) is 14.2 Å². The molecule has 2 atom stereocenters. The van der Waals surface area contributed by atoms with Crippen LogP contribution in [0.25, 0.3) is 0 Å². The summed E-state index contributed by atoms with van der Waals surface area (Å²) in [7, 11) is 3.42. The molecule has 0 aromatic heterocycles. The number of benzene rings is 2. The van der Waals surface area contributed by atoms with Crippen LogP contribution in [0.15, 0.2) is 48.5 Å². The highest BCUT2D eigenvalue weighted by Gasteiger charge is 2.31. The minimum atomic E-state index is 0.262. The molecule has 0 amide bonds. The third kappa shape index (κ3) is 2.74. The van der Waals surface area contributed by atoms with E-state index in [4.69, 9.17) is 9.47 Å². The molecule has 3 nitrogen and oxygen atoms in total. The van der Waals surface area contributed by atoms with E-state index in [9.17, 15) is 0 Å². The van der Waals surface area contributed by atoms with Crippen molar-refractivity contribution in [3.05, 3.63) is 59.7 Å². The Morgan fingerprint density at radius 2 is 1.81 bits per heavy atom. The van der Waals surface area contributed by atoms with Crippen LogP contribution in [0.5, 0.6) is 11.5 Å². The van der Waals surface area contributed by atoms with E-state index in [2.05, 4.69) is 41.7 Å². The summed E-state index contributed by atoms with van der Waals surface area (Å²) in [4.78, 5) is 0. The minimum Gasteiger partial charge on any atom is -0.497 e. The molecule has 1 aliphatic rings. The second-order valence-electron chi connectivity index (χ2n) is 5.35. The Kier molecular flexibility index (Phi) is 4.11. The molecule has 21 heavy (non-hydrogen) atoms. The number of rotatable bonds is 4. The molecule has 1 N–H and O–H groups in total. The summed E-state index contributed by atoms with van der Waals surface area (Å²) in [5.74, 6) is 2.25. The van der Waals surface area contributed by atoms with Crippen molar-refractivity contribution in [1.82, 2.24) is 5.32 Å². The number of nitrogens with one attached hydrogen (secondary N) is 1. The predicted octanol–water partition coefficient (Wildman–Crippen LogP) is 3.52. The van der Waals surface area contributed by atoms with Gasteiger partial charge in [-0.25, -0.2) is 0 Å². The molecule has 110 valence electrons. The molecule has 2 aromatic carbocycles. The highest BCUT2D eigenvalue weighted by atomic mass is 16.5. The SMILES string of the molecule is COc1ccc(OC)c(C2NCCC2c2ccccc2)c1. The lowest BCUT2D eigenvalue weighted by Gasteiger charge is -2.23. The molecule has 0 bridgehead atoms. The van der Waals surface area contributed by atoms with Crippen molar-refractivity contribution in [1.29, 1.82) is 0 Å². The fraction of sp³-hybridized carbons (Fsp3) is 0.333. The van der Waals surface area contributed by atoms with E-state index in [-0.39, 0.29) is 6.04 Å². The van der Waals surface area contributed by atoms with E-state index in [0.717, 1.165) is 24.5 Å². The molecule has 1 saturated heterocycles. The highest BCUT2D eigenvalue weighted by Crippen LogP contribution is 2.42. The van der Waals surface area contributed by atoms with Gasteiger partial charge in [0.05, 0.1) is 14.2 Å². The molecule has 0 saturated carbocycles. The van der Waals surface area contributed by atoms with Crippen LogP contribution < -0.4 is 14.8 Å². The number of methoxy groups -OCH3 is 2. The van der Waals surface area contributed by atoms with Crippen molar-refractivity contribution < 1.29 is 9.47 Å². The van der Waals surface area contributed by atoms with Gasteiger partial charge in [0.1, 0.15) is 11.5 Å². The third-order valence-electron chi connectivity index (χ3n) is 4.22. The molecule has 0 aliphatic carbocycles. The summed E-state index contributed by atoms with van der Waals surface area (Å²) in [6, 6.07) is 16.9. The van der Waals surface area contributed by atoms with Gasteiger partial charge >= 0.3 is 0 Å². The van der Waals surface area contributed by atoms with E-state index in [1.807, 2.05) is 12.1 Å². The van der Waals surface area contributed by atoms with Crippen molar-refractivity contribution in [2.45, 2.75) is 18.4 Å². The molecule has 0 radical (unpaired) electrons. The van der Waals surface area contributed by atoms with Gasteiger partial charge < -0.3 is 14.8 Å². The van der Waals surface area contributed by atoms with Crippen molar-refractivity contribution in [3.63, 3.8) is 0 Å². The van der Waals surface area contributed by atoms with Crippen molar-refractivity contribution in [3.8, 4) is 11.5 Å². The van der Waals surface area contributed by atoms with Gasteiger partial charge in [-0.05, 0) is 36.7 Å². The zero-order chi connectivity index (χ0) is 14.7. The second-order valence-corrected chi connectivity index (χ2v) is 5.35. The maximum absolute atomic E-state index is 5.55. The smallest absolute Gasteiger partial charge is 0.123 e. The van der Waals surface area contributed by atoms with Gasteiger partial charge in [-0.1, -0.05) is 30.3 Å². The summed E-state index contributed by atoms with van der Waals surface area (Å²) in [5, 5.41) is 3.61. The normalized spacial score (nSPS) is 21.2. The van der Waals surface area contributed by atoms with Crippen LogP contribution in [-0.2, 0) is 0 Å². The van der Waals surface area contributed by atoms with Gasteiger partial charge in [-0.2, -0.15) is 0 Å². The zero-order valence-electron chi connectivity index (χ0n) is 12.5. The Bertz CT molecular complexity index is 597. The zero-order valence-corrected chi connectivity index (χ0v) is 12.5. The first-order valence-electron chi connectivity index (χ1n) is 7.33. The average molecular weight is 283 g/mol. The molecule has 3 rings (SSSR count). The Hall–Kier alpha value is -2.00. The Morgan fingerprint density at radius 1 is 1.00 bits per heavy atom. The van der Waals surface area contributed by atoms with Gasteiger partial charge in [-0.15, -0.1) is 0 Å². The Balaban J connectivity index is 1.98. The van der Waals surface area contributed by atoms with Crippen LogP contribution >= 0.6 is 0 Å². The van der Waals surface area contributed by atoms with Gasteiger partial charge in [0, 0.05) is 17.5 Å². The number of hydrogen-bond acceptors (Lipinski definition) is 3. The summed E-state index contributed by atoms with van der Waals surface area (Å²) in [6.07, 6.45) is 1.13. The van der Waals surface area contributed by atoms with Crippen LogP contribution in [0.3, 0.4) is 0 Å². The summed E-state index contributed by atoms with van der Waals surface area (Å²) < 4.78 is 10.9. The largest absolute Gasteiger partial charge is 0.497 e. The molecular formula is C18H21NO2. The van der Waals surface area contributed by atoms with E-state index in [0.29, 0.717) is 5.92 Å². The average Bonchev–Trinajstić information content (AvgIpc) is 3.04. The van der Waals surface area contributed by atoms with Crippen LogP contribution in [0.2, 0.25) is 0 Å². The van der Waals surface area contributed by atoms with Crippen LogP contribution in [0, 0.1) is 0 Å². The van der Waals surface area contributed by atoms with Crippen LogP contribution in [0.4, 0.5) is 0 Å². The third-order valence-corrected chi connectivity index (χ3v) is 4.22. The number of hydrogen-bond donors (Lipinski definition) is 1. The summed E-state index contributed by atoms with van der Waals surface area (Å²) in [6.45, 7) is 1.02. The minimum absolute atomic E-state index is 0.262. The topological polar surface area (TPSA) is 30.5 Å². The Labute approximate surface area is 125 Å². The van der Waals surface area contributed by atoms with Gasteiger partial charge in [-0.3, -0.25) is 0 Å². The lowest BCUT2D eigenvalue weighted by Crippen LogP contribution is -2.18. The first kappa shape index (κ1) is 14.0. The van der Waals surface area contributed by atoms with Crippen molar-refractivity contribution >= 4 is 0 Å². The maximum Gasteiger partial charge on any atom is 0.123 e. The van der Waals surface area contributed by atoms with Crippen LogP contribution in [-0.4, -0.2) is 20.8 Å². The molecule has 0 spiro atoms. The fourth-order valence-electron chi connectivity index (χ4n) is 3.17. The monoisotopic (exact) mass is 283 g/mol. The van der Waals surface area contributed by atoms with Crippen molar-refractivity contribution in [2.24, 2.45) is 0 Å². The van der Waals surface area contributed by atoms with Gasteiger partial charge in [0.15, 0.2) is 0 Å². The molecule has 1 fully saturated rings. The van der Waals surface area contributed by atoms with E-state index >= 15 is 0 Å². The standard InChI is InChI=1S/C18H21NO2/c1-20-14-8-9-17(21-2)16(12-14)18-15(10-11-19-18)13-6-4-3-5-7-13/h3-9,12,15,18-19H,10-11H2,1-2H3. The van der Waals surface area contributed by atoms with Gasteiger partial charge in [0.2, 0.25) is 0 Å². The maximum atomic E-state index is 5.55. The molecule has 2 unspecified atom stereocenters.